The molecule has 18 heavy (non-hydrogen) atoms. The third kappa shape index (κ3) is 4.17. The molecule has 0 saturated carbocycles. The Labute approximate surface area is 101 Å². The summed E-state index contributed by atoms with van der Waals surface area (Å²) < 4.78 is 40.8. The first-order chi connectivity index (χ1) is 8.25. The number of aliphatic carboxylic acids is 1. The normalized spacial score (nSPS) is 19.3. The highest BCUT2D eigenvalue weighted by Gasteiger charge is 2.41. The van der Waals surface area contributed by atoms with E-state index in [9.17, 15) is 22.8 Å². The molecule has 0 aromatic heterocycles. The standard InChI is InChI=1S/C10H14F3NO4/c11-10(12,13)5-7(15)14-6-9(8(16)17)1-3-18-4-2-9/h1-6H2,(H,14,15)(H,16,17). The summed E-state index contributed by atoms with van der Waals surface area (Å²) in [5.74, 6) is -2.34. The van der Waals surface area contributed by atoms with E-state index in [1.54, 1.807) is 0 Å². The van der Waals surface area contributed by atoms with Crippen LogP contribution in [-0.2, 0) is 14.3 Å². The Bertz CT molecular complexity index is 324. The average Bonchev–Trinajstić information content (AvgIpc) is 2.25. The summed E-state index contributed by atoms with van der Waals surface area (Å²) >= 11 is 0. The van der Waals surface area contributed by atoms with E-state index in [1.807, 2.05) is 5.32 Å². The van der Waals surface area contributed by atoms with Gasteiger partial charge in [-0.2, -0.15) is 13.2 Å². The summed E-state index contributed by atoms with van der Waals surface area (Å²) in [5.41, 5.74) is -1.22. The molecule has 0 radical (unpaired) electrons. The van der Waals surface area contributed by atoms with Crippen LogP contribution >= 0.6 is 0 Å². The predicted molar refractivity (Wildman–Crippen MR) is 53.8 cm³/mol. The Hall–Kier alpha value is -1.31. The molecule has 0 aromatic carbocycles. The summed E-state index contributed by atoms with van der Waals surface area (Å²) in [6, 6.07) is 0. The van der Waals surface area contributed by atoms with Crippen molar-refractivity contribution in [2.75, 3.05) is 19.8 Å². The summed E-state index contributed by atoms with van der Waals surface area (Å²) in [7, 11) is 0. The lowest BCUT2D eigenvalue weighted by atomic mass is 9.80. The lowest BCUT2D eigenvalue weighted by Crippen LogP contribution is -2.47. The van der Waals surface area contributed by atoms with Crippen LogP contribution in [0, 0.1) is 5.41 Å². The van der Waals surface area contributed by atoms with Gasteiger partial charge in [-0.1, -0.05) is 0 Å². The van der Waals surface area contributed by atoms with Crippen molar-refractivity contribution in [2.45, 2.75) is 25.4 Å². The Balaban J connectivity index is 2.53. The molecular weight excluding hydrogens is 255 g/mol. The van der Waals surface area contributed by atoms with E-state index in [1.165, 1.54) is 0 Å². The number of carbonyl (C=O) groups is 2. The molecule has 1 aliphatic rings. The van der Waals surface area contributed by atoms with Gasteiger partial charge in [0.2, 0.25) is 5.91 Å². The van der Waals surface area contributed by atoms with Crippen molar-refractivity contribution in [3.8, 4) is 0 Å². The molecule has 1 amide bonds. The van der Waals surface area contributed by atoms with Crippen molar-refractivity contribution in [3.05, 3.63) is 0 Å². The maximum Gasteiger partial charge on any atom is 0.397 e. The second-order valence-corrected chi connectivity index (χ2v) is 4.27. The van der Waals surface area contributed by atoms with Gasteiger partial charge in [-0.15, -0.1) is 0 Å². The van der Waals surface area contributed by atoms with Gasteiger partial charge in [-0.3, -0.25) is 9.59 Å². The zero-order chi connectivity index (χ0) is 13.8. The van der Waals surface area contributed by atoms with E-state index in [4.69, 9.17) is 9.84 Å². The summed E-state index contributed by atoms with van der Waals surface area (Å²) in [5, 5.41) is 11.1. The van der Waals surface area contributed by atoms with Crippen molar-refractivity contribution in [1.29, 1.82) is 0 Å². The number of alkyl halides is 3. The minimum atomic E-state index is -4.59. The number of carbonyl (C=O) groups excluding carboxylic acids is 1. The lowest BCUT2D eigenvalue weighted by Gasteiger charge is -2.33. The first-order valence-corrected chi connectivity index (χ1v) is 5.40. The van der Waals surface area contributed by atoms with Crippen LogP contribution in [-0.4, -0.2) is 42.9 Å². The van der Waals surface area contributed by atoms with E-state index in [-0.39, 0.29) is 32.6 Å². The third-order valence-corrected chi connectivity index (χ3v) is 2.89. The number of ether oxygens (including phenoxy) is 1. The SMILES string of the molecule is O=C(CC(F)(F)F)NCC1(C(=O)O)CCOCC1. The zero-order valence-electron chi connectivity index (χ0n) is 9.55. The zero-order valence-corrected chi connectivity index (χ0v) is 9.55. The molecule has 1 saturated heterocycles. The highest BCUT2D eigenvalue weighted by molar-refractivity contribution is 5.79. The minimum absolute atomic E-state index is 0.175. The Morgan fingerprint density at radius 1 is 1.28 bits per heavy atom. The van der Waals surface area contributed by atoms with Crippen LogP contribution in [0.1, 0.15) is 19.3 Å². The molecule has 1 heterocycles. The number of carboxylic acids is 1. The van der Waals surface area contributed by atoms with Gasteiger partial charge in [0.25, 0.3) is 0 Å². The Morgan fingerprint density at radius 3 is 2.28 bits per heavy atom. The fraction of sp³-hybridized carbons (Fsp3) is 0.800. The first kappa shape index (κ1) is 14.7. The second kappa shape index (κ2) is 5.55. The molecule has 1 aliphatic heterocycles. The molecular formula is C10H14F3NO4. The van der Waals surface area contributed by atoms with Crippen LogP contribution in [0.25, 0.3) is 0 Å². The third-order valence-electron chi connectivity index (χ3n) is 2.89. The number of carboxylic acid groups (broad SMARTS) is 1. The smallest absolute Gasteiger partial charge is 0.397 e. The number of halogens is 3. The maximum absolute atomic E-state index is 11.9. The number of hydrogen-bond acceptors (Lipinski definition) is 3. The summed E-state index contributed by atoms with van der Waals surface area (Å²) in [4.78, 5) is 22.2. The van der Waals surface area contributed by atoms with Crippen molar-refractivity contribution in [2.24, 2.45) is 5.41 Å². The van der Waals surface area contributed by atoms with E-state index < -0.39 is 29.9 Å². The van der Waals surface area contributed by atoms with Crippen molar-refractivity contribution < 1.29 is 32.6 Å². The fourth-order valence-corrected chi connectivity index (χ4v) is 1.74. The lowest BCUT2D eigenvalue weighted by molar-refractivity contribution is -0.157. The monoisotopic (exact) mass is 269 g/mol. The van der Waals surface area contributed by atoms with E-state index in [0.717, 1.165) is 0 Å². The van der Waals surface area contributed by atoms with Crippen LogP contribution in [0.5, 0.6) is 0 Å². The molecule has 5 nitrogen and oxygen atoms in total. The molecule has 0 spiro atoms. The van der Waals surface area contributed by atoms with Crippen LogP contribution in [0.2, 0.25) is 0 Å². The van der Waals surface area contributed by atoms with Gasteiger partial charge in [-0.05, 0) is 12.8 Å². The van der Waals surface area contributed by atoms with Crippen molar-refractivity contribution in [1.82, 2.24) is 5.32 Å². The van der Waals surface area contributed by atoms with Crippen LogP contribution < -0.4 is 5.32 Å². The molecule has 0 aromatic rings. The van der Waals surface area contributed by atoms with Crippen LogP contribution in [0.15, 0.2) is 0 Å². The fourth-order valence-electron chi connectivity index (χ4n) is 1.74. The number of nitrogens with one attached hydrogen (secondary N) is 1. The highest BCUT2D eigenvalue weighted by atomic mass is 19.4. The summed E-state index contributed by atoms with van der Waals surface area (Å²) in [6.45, 7) is 0.142. The maximum atomic E-state index is 11.9. The Kier molecular flexibility index (Phi) is 4.55. The molecule has 1 rings (SSSR count). The molecule has 104 valence electrons. The molecule has 0 aliphatic carbocycles. The minimum Gasteiger partial charge on any atom is -0.481 e. The van der Waals surface area contributed by atoms with Crippen molar-refractivity contribution in [3.63, 3.8) is 0 Å². The van der Waals surface area contributed by atoms with E-state index in [2.05, 4.69) is 0 Å². The van der Waals surface area contributed by atoms with Gasteiger partial charge >= 0.3 is 12.1 Å². The van der Waals surface area contributed by atoms with Crippen molar-refractivity contribution >= 4 is 11.9 Å². The molecule has 8 heteroatoms. The second-order valence-electron chi connectivity index (χ2n) is 4.27. The number of hydrogen-bond donors (Lipinski definition) is 2. The first-order valence-electron chi connectivity index (χ1n) is 5.40. The summed E-state index contributed by atoms with van der Waals surface area (Å²) in [6.07, 6.45) is -5.83. The molecule has 0 bridgehead atoms. The van der Waals surface area contributed by atoms with Gasteiger partial charge < -0.3 is 15.2 Å². The molecule has 0 atom stereocenters. The van der Waals surface area contributed by atoms with Gasteiger partial charge in [0, 0.05) is 19.8 Å². The van der Waals surface area contributed by atoms with Gasteiger partial charge in [0.15, 0.2) is 0 Å². The van der Waals surface area contributed by atoms with Crippen LogP contribution in [0.3, 0.4) is 0 Å². The molecule has 1 fully saturated rings. The van der Waals surface area contributed by atoms with E-state index >= 15 is 0 Å². The number of amides is 1. The predicted octanol–water partition coefficient (Wildman–Crippen LogP) is 0.936. The number of rotatable bonds is 4. The molecule has 0 unspecified atom stereocenters. The Morgan fingerprint density at radius 2 is 1.83 bits per heavy atom. The van der Waals surface area contributed by atoms with Gasteiger partial charge in [0.05, 0.1) is 5.41 Å². The largest absolute Gasteiger partial charge is 0.481 e. The average molecular weight is 269 g/mol. The highest BCUT2D eigenvalue weighted by Crippen LogP contribution is 2.30. The topological polar surface area (TPSA) is 75.6 Å². The molecule has 2 N–H and O–H groups in total. The van der Waals surface area contributed by atoms with Gasteiger partial charge in [0.1, 0.15) is 6.42 Å². The van der Waals surface area contributed by atoms with E-state index in [0.29, 0.717) is 0 Å². The quantitative estimate of drug-likeness (QED) is 0.796. The van der Waals surface area contributed by atoms with Gasteiger partial charge in [-0.25, -0.2) is 0 Å². The van der Waals surface area contributed by atoms with Crippen LogP contribution in [0.4, 0.5) is 13.2 Å².